The van der Waals surface area contributed by atoms with Crippen molar-refractivity contribution in [1.82, 2.24) is 0 Å². The second kappa shape index (κ2) is 4.95. The van der Waals surface area contributed by atoms with Gasteiger partial charge >= 0.3 is 0 Å². The summed E-state index contributed by atoms with van der Waals surface area (Å²) in [5, 5.41) is 0. The summed E-state index contributed by atoms with van der Waals surface area (Å²) in [5.41, 5.74) is 13.8. The Hall–Kier alpha value is -2.24. The van der Waals surface area contributed by atoms with Gasteiger partial charge in [0.1, 0.15) is 5.66 Å². The van der Waals surface area contributed by atoms with Gasteiger partial charge in [-0.3, -0.25) is 4.90 Å². The lowest BCUT2D eigenvalue weighted by Gasteiger charge is -2.41. The highest BCUT2D eigenvalue weighted by Gasteiger charge is 2.43. The van der Waals surface area contributed by atoms with Gasteiger partial charge in [0.05, 0.1) is 0 Å². The van der Waals surface area contributed by atoms with E-state index in [9.17, 15) is 0 Å². The average molecular weight is 286 g/mol. The molecule has 3 rings (SSSR count). The first kappa shape index (κ1) is 13.7. The van der Waals surface area contributed by atoms with E-state index in [0.29, 0.717) is 5.96 Å². The standard InChI is InChI=1S/C15H22N6/c1-20(2)11-5-7-12(8-6-11)21-14(17)18-13(16)19-15(21)9-3-4-10-15/h5-8H,3-4,9-10H2,1-2H3,(H4,16,17,18,19). The van der Waals surface area contributed by atoms with Gasteiger partial charge in [0.25, 0.3) is 0 Å². The molecule has 1 spiro atoms. The van der Waals surface area contributed by atoms with Gasteiger partial charge in [-0.05, 0) is 49.9 Å². The zero-order valence-corrected chi connectivity index (χ0v) is 12.6. The molecule has 1 aliphatic carbocycles. The normalized spacial score (nSPS) is 20.4. The van der Waals surface area contributed by atoms with Gasteiger partial charge in [-0.1, -0.05) is 0 Å². The maximum atomic E-state index is 6.16. The minimum Gasteiger partial charge on any atom is -0.378 e. The molecule has 0 saturated heterocycles. The lowest BCUT2D eigenvalue weighted by molar-refractivity contribution is 0.452. The molecule has 112 valence electrons. The van der Waals surface area contributed by atoms with Gasteiger partial charge in [-0.2, -0.15) is 4.99 Å². The maximum Gasteiger partial charge on any atom is 0.220 e. The number of hydrogen-bond donors (Lipinski definition) is 2. The van der Waals surface area contributed by atoms with Gasteiger partial charge in [0.2, 0.25) is 11.9 Å². The number of nitrogens with zero attached hydrogens (tertiary/aromatic N) is 4. The average Bonchev–Trinajstić information content (AvgIpc) is 2.86. The smallest absolute Gasteiger partial charge is 0.220 e. The third kappa shape index (κ3) is 2.30. The van der Waals surface area contributed by atoms with Crippen LogP contribution >= 0.6 is 0 Å². The Morgan fingerprint density at radius 3 is 2.29 bits per heavy atom. The van der Waals surface area contributed by atoms with Crippen LogP contribution in [0.2, 0.25) is 0 Å². The number of anilines is 2. The van der Waals surface area contributed by atoms with Crippen LogP contribution in [0.3, 0.4) is 0 Å². The molecule has 6 heteroatoms. The Morgan fingerprint density at radius 1 is 1.10 bits per heavy atom. The fourth-order valence-corrected chi connectivity index (χ4v) is 3.22. The second-order valence-corrected chi connectivity index (χ2v) is 5.88. The van der Waals surface area contributed by atoms with Gasteiger partial charge in [0, 0.05) is 25.5 Å². The fraction of sp³-hybridized carbons (Fsp3) is 0.467. The van der Waals surface area contributed by atoms with Crippen molar-refractivity contribution >= 4 is 23.3 Å². The predicted molar refractivity (Wildman–Crippen MR) is 87.7 cm³/mol. The van der Waals surface area contributed by atoms with Crippen LogP contribution in [-0.2, 0) is 0 Å². The first-order valence-corrected chi connectivity index (χ1v) is 7.29. The molecule has 1 aromatic carbocycles. The van der Waals surface area contributed by atoms with E-state index in [0.717, 1.165) is 37.1 Å². The zero-order chi connectivity index (χ0) is 15.0. The van der Waals surface area contributed by atoms with E-state index in [1.165, 1.54) is 0 Å². The molecule has 1 saturated carbocycles. The van der Waals surface area contributed by atoms with Gasteiger partial charge in [0.15, 0.2) is 0 Å². The molecule has 0 bridgehead atoms. The number of guanidine groups is 2. The van der Waals surface area contributed by atoms with Crippen molar-refractivity contribution in [2.75, 3.05) is 23.9 Å². The summed E-state index contributed by atoms with van der Waals surface area (Å²) in [5.74, 6) is 0.720. The molecule has 0 aromatic heterocycles. The molecule has 1 aromatic rings. The third-order valence-electron chi connectivity index (χ3n) is 4.23. The Balaban J connectivity index is 2.00. The van der Waals surface area contributed by atoms with E-state index in [1.54, 1.807) is 0 Å². The van der Waals surface area contributed by atoms with Crippen molar-refractivity contribution in [2.24, 2.45) is 21.5 Å². The molecule has 1 fully saturated rings. The van der Waals surface area contributed by atoms with Gasteiger partial charge in [-0.25, -0.2) is 4.99 Å². The summed E-state index contributed by atoms with van der Waals surface area (Å²) in [6, 6.07) is 8.28. The number of nitrogens with two attached hydrogens (primary N) is 2. The molecule has 0 unspecified atom stereocenters. The molecular formula is C15H22N6. The molecular weight excluding hydrogens is 264 g/mol. The number of hydrogen-bond acceptors (Lipinski definition) is 6. The lowest BCUT2D eigenvalue weighted by Crippen LogP contribution is -2.56. The van der Waals surface area contributed by atoms with Crippen LogP contribution in [0.15, 0.2) is 34.3 Å². The van der Waals surface area contributed by atoms with Crippen LogP contribution in [0.4, 0.5) is 11.4 Å². The number of benzene rings is 1. The summed E-state index contributed by atoms with van der Waals surface area (Å²) in [7, 11) is 4.05. The van der Waals surface area contributed by atoms with Crippen molar-refractivity contribution < 1.29 is 0 Å². The van der Waals surface area contributed by atoms with E-state index in [4.69, 9.17) is 11.5 Å². The Bertz CT molecular complexity index is 581. The van der Waals surface area contributed by atoms with E-state index < -0.39 is 0 Å². The Kier molecular flexibility index (Phi) is 3.23. The van der Waals surface area contributed by atoms with Crippen molar-refractivity contribution in [2.45, 2.75) is 31.3 Å². The molecule has 1 aliphatic heterocycles. The van der Waals surface area contributed by atoms with Gasteiger partial charge < -0.3 is 16.4 Å². The molecule has 21 heavy (non-hydrogen) atoms. The summed E-state index contributed by atoms with van der Waals surface area (Å²) in [6.07, 6.45) is 4.19. The Morgan fingerprint density at radius 2 is 1.71 bits per heavy atom. The van der Waals surface area contributed by atoms with Crippen LogP contribution in [0, 0.1) is 0 Å². The predicted octanol–water partition coefficient (Wildman–Crippen LogP) is 1.47. The van der Waals surface area contributed by atoms with E-state index >= 15 is 0 Å². The fourth-order valence-electron chi connectivity index (χ4n) is 3.22. The highest BCUT2D eigenvalue weighted by atomic mass is 15.4. The lowest BCUT2D eigenvalue weighted by atomic mass is 10.1. The quantitative estimate of drug-likeness (QED) is 0.862. The van der Waals surface area contributed by atoms with Crippen molar-refractivity contribution in [1.29, 1.82) is 0 Å². The highest BCUT2D eigenvalue weighted by Crippen LogP contribution is 2.40. The Labute approximate surface area is 125 Å². The second-order valence-electron chi connectivity index (χ2n) is 5.88. The van der Waals surface area contributed by atoms with Crippen molar-refractivity contribution in [3.8, 4) is 0 Å². The maximum absolute atomic E-state index is 6.16. The van der Waals surface area contributed by atoms with Crippen LogP contribution in [-0.4, -0.2) is 31.7 Å². The van der Waals surface area contributed by atoms with E-state index in [2.05, 4.69) is 39.2 Å². The summed E-state index contributed by atoms with van der Waals surface area (Å²) < 4.78 is 0. The van der Waals surface area contributed by atoms with Crippen LogP contribution in [0.5, 0.6) is 0 Å². The highest BCUT2D eigenvalue weighted by molar-refractivity contribution is 6.05. The first-order chi connectivity index (χ1) is 10.0. The minimum absolute atomic E-state index is 0.288. The zero-order valence-electron chi connectivity index (χ0n) is 12.6. The number of aliphatic imine (C=N–C) groups is 2. The van der Waals surface area contributed by atoms with Crippen LogP contribution < -0.4 is 21.3 Å². The monoisotopic (exact) mass is 286 g/mol. The SMILES string of the molecule is CN(C)c1ccc(N2C(N)=NC(N)=NC23CCCC3)cc1. The summed E-state index contributed by atoms with van der Waals surface area (Å²) in [4.78, 5) is 12.9. The molecule has 6 nitrogen and oxygen atoms in total. The largest absolute Gasteiger partial charge is 0.378 e. The van der Waals surface area contributed by atoms with E-state index in [1.807, 2.05) is 19.0 Å². The topological polar surface area (TPSA) is 83.2 Å². The molecule has 0 atom stereocenters. The van der Waals surface area contributed by atoms with Crippen LogP contribution in [0.25, 0.3) is 0 Å². The third-order valence-corrected chi connectivity index (χ3v) is 4.23. The molecule has 1 heterocycles. The van der Waals surface area contributed by atoms with E-state index in [-0.39, 0.29) is 11.6 Å². The molecule has 2 aliphatic rings. The molecule has 4 N–H and O–H groups in total. The van der Waals surface area contributed by atoms with Crippen molar-refractivity contribution in [3.63, 3.8) is 0 Å². The van der Waals surface area contributed by atoms with Crippen LogP contribution in [0.1, 0.15) is 25.7 Å². The van der Waals surface area contributed by atoms with Crippen molar-refractivity contribution in [3.05, 3.63) is 24.3 Å². The summed E-state index contributed by atoms with van der Waals surface area (Å²) in [6.45, 7) is 0. The van der Waals surface area contributed by atoms with Gasteiger partial charge in [-0.15, -0.1) is 0 Å². The molecule has 0 amide bonds. The number of rotatable bonds is 2. The summed E-state index contributed by atoms with van der Waals surface area (Å²) >= 11 is 0. The minimum atomic E-state index is -0.352. The molecule has 0 radical (unpaired) electrons. The first-order valence-electron chi connectivity index (χ1n) is 7.29.